The maximum Gasteiger partial charge on any atom is 0.410 e. The van der Waals surface area contributed by atoms with Crippen molar-refractivity contribution in [2.24, 2.45) is 0 Å². The lowest BCUT2D eigenvalue weighted by Gasteiger charge is -2.33. The lowest BCUT2D eigenvalue weighted by molar-refractivity contribution is 0.0205. The van der Waals surface area contributed by atoms with Gasteiger partial charge in [0.2, 0.25) is 0 Å². The zero-order chi connectivity index (χ0) is 20.3. The summed E-state index contributed by atoms with van der Waals surface area (Å²) in [4.78, 5) is 14.1. The summed E-state index contributed by atoms with van der Waals surface area (Å²) in [6.45, 7) is 10.1. The van der Waals surface area contributed by atoms with Crippen LogP contribution >= 0.6 is 15.9 Å². The number of benzene rings is 1. The Bertz CT molecular complexity index is 817. The van der Waals surface area contributed by atoms with Gasteiger partial charge in [-0.2, -0.15) is 5.10 Å². The summed E-state index contributed by atoms with van der Waals surface area (Å²) in [5.74, 6) is 0.482. The summed E-state index contributed by atoms with van der Waals surface area (Å²) >= 11 is 3.51. The van der Waals surface area contributed by atoms with Crippen molar-refractivity contribution >= 4 is 22.0 Å². The molecule has 1 aliphatic rings. The summed E-state index contributed by atoms with van der Waals surface area (Å²) in [6.07, 6.45) is 3.67. The molecule has 0 N–H and O–H groups in total. The maximum absolute atomic E-state index is 12.3. The van der Waals surface area contributed by atoms with Gasteiger partial charge in [-0.15, -0.1) is 0 Å². The van der Waals surface area contributed by atoms with E-state index in [4.69, 9.17) is 4.74 Å². The first-order valence-corrected chi connectivity index (χ1v) is 11.0. The maximum atomic E-state index is 12.3. The fourth-order valence-electron chi connectivity index (χ4n) is 3.62. The van der Waals surface area contributed by atoms with Crippen molar-refractivity contribution in [3.8, 4) is 0 Å². The average molecular weight is 448 g/mol. The minimum absolute atomic E-state index is 0.198. The number of ether oxygens (including phenoxy) is 1. The number of piperidine rings is 1. The van der Waals surface area contributed by atoms with Crippen molar-refractivity contribution in [2.75, 3.05) is 13.1 Å². The number of hydrogen-bond acceptors (Lipinski definition) is 3. The highest BCUT2D eigenvalue weighted by molar-refractivity contribution is 9.08. The van der Waals surface area contributed by atoms with Crippen molar-refractivity contribution in [1.82, 2.24) is 14.7 Å². The molecule has 0 radical (unpaired) electrons. The van der Waals surface area contributed by atoms with Gasteiger partial charge in [0.25, 0.3) is 0 Å². The zero-order valence-corrected chi connectivity index (χ0v) is 18.8. The third kappa shape index (κ3) is 5.16. The topological polar surface area (TPSA) is 47.4 Å². The summed E-state index contributed by atoms with van der Waals surface area (Å²) in [5.41, 5.74) is 4.60. The van der Waals surface area contributed by atoms with Gasteiger partial charge in [-0.25, -0.2) is 4.79 Å². The fourth-order valence-corrected chi connectivity index (χ4v) is 4.17. The van der Waals surface area contributed by atoms with E-state index in [2.05, 4.69) is 56.9 Å². The largest absolute Gasteiger partial charge is 0.444 e. The smallest absolute Gasteiger partial charge is 0.410 e. The monoisotopic (exact) mass is 447 g/mol. The first-order chi connectivity index (χ1) is 13.3. The Morgan fingerprint density at radius 2 is 2.00 bits per heavy atom. The van der Waals surface area contributed by atoms with E-state index < -0.39 is 5.60 Å². The number of hydrogen-bond donors (Lipinski definition) is 0. The van der Waals surface area contributed by atoms with Crippen LogP contribution in [0.5, 0.6) is 0 Å². The Labute approximate surface area is 176 Å². The Kier molecular flexibility index (Phi) is 6.48. The van der Waals surface area contributed by atoms with Crippen molar-refractivity contribution in [3.63, 3.8) is 0 Å². The lowest BCUT2D eigenvalue weighted by atomic mass is 9.88. The molecule has 0 atom stereocenters. The second kappa shape index (κ2) is 8.68. The van der Waals surface area contributed by atoms with Crippen molar-refractivity contribution in [2.45, 2.75) is 63.9 Å². The average Bonchev–Trinajstić information content (AvgIpc) is 3.00. The number of halogens is 1. The molecule has 2 aromatic rings. The molecular weight excluding hydrogens is 418 g/mol. The molecule has 28 heavy (non-hydrogen) atoms. The summed E-state index contributed by atoms with van der Waals surface area (Å²) in [7, 11) is 0. The number of nitrogens with zero attached hydrogens (tertiary/aromatic N) is 3. The van der Waals surface area contributed by atoms with E-state index in [1.807, 2.05) is 31.9 Å². The highest BCUT2D eigenvalue weighted by Gasteiger charge is 2.27. The van der Waals surface area contributed by atoms with E-state index in [0.717, 1.165) is 37.8 Å². The van der Waals surface area contributed by atoms with Gasteiger partial charge in [0.05, 0.1) is 12.7 Å². The number of carbonyl (C=O) groups excluding carboxylic acids is 1. The van der Waals surface area contributed by atoms with Crippen molar-refractivity contribution < 1.29 is 9.53 Å². The molecule has 2 heterocycles. The number of rotatable bonds is 4. The molecule has 3 rings (SSSR count). The Balaban J connectivity index is 1.62. The third-order valence-electron chi connectivity index (χ3n) is 5.25. The van der Waals surface area contributed by atoms with Gasteiger partial charge in [0.15, 0.2) is 0 Å². The molecule has 1 aliphatic heterocycles. The Morgan fingerprint density at radius 1 is 1.29 bits per heavy atom. The van der Waals surface area contributed by atoms with Crippen LogP contribution in [0.4, 0.5) is 4.79 Å². The SMILES string of the molecule is Cc1c(CBr)cnn1Cc1cccc(C2CCN(C(=O)OC(C)(C)C)CC2)c1. The van der Waals surface area contributed by atoms with Crippen LogP contribution in [0.1, 0.15) is 61.9 Å². The molecule has 0 bridgehead atoms. The van der Waals surface area contributed by atoms with Gasteiger partial charge in [0, 0.05) is 29.7 Å². The Hall–Kier alpha value is -1.82. The number of likely N-dealkylation sites (tertiary alicyclic amines) is 1. The molecule has 0 saturated carbocycles. The van der Waals surface area contributed by atoms with Crippen molar-refractivity contribution in [3.05, 3.63) is 52.8 Å². The molecule has 1 aromatic heterocycles. The van der Waals surface area contributed by atoms with Crippen LogP contribution in [0, 0.1) is 6.92 Å². The van der Waals surface area contributed by atoms with Crippen LogP contribution in [0.2, 0.25) is 0 Å². The number of carbonyl (C=O) groups is 1. The van der Waals surface area contributed by atoms with Crippen LogP contribution in [0.3, 0.4) is 0 Å². The number of amides is 1. The molecule has 6 heteroatoms. The molecule has 1 saturated heterocycles. The van der Waals surface area contributed by atoms with E-state index >= 15 is 0 Å². The standard InChI is InChI=1S/C22H30BrN3O2/c1-16-20(13-23)14-24-26(16)15-17-6-5-7-19(12-17)18-8-10-25(11-9-18)21(27)28-22(2,3)4/h5-7,12,14,18H,8-11,13,15H2,1-4H3. The molecule has 0 aliphatic carbocycles. The second-order valence-electron chi connectivity index (χ2n) is 8.53. The van der Waals surface area contributed by atoms with E-state index in [1.165, 1.54) is 22.4 Å². The first kappa shape index (κ1) is 20.9. The molecule has 1 aromatic carbocycles. The van der Waals surface area contributed by atoms with Crippen LogP contribution in [0.15, 0.2) is 30.5 Å². The molecule has 0 spiro atoms. The molecule has 0 unspecified atom stereocenters. The first-order valence-electron chi connectivity index (χ1n) is 9.91. The van der Waals surface area contributed by atoms with E-state index in [0.29, 0.717) is 5.92 Å². The van der Waals surface area contributed by atoms with Gasteiger partial charge in [-0.05, 0) is 57.6 Å². The molecule has 1 fully saturated rings. The minimum atomic E-state index is -0.443. The number of aromatic nitrogens is 2. The summed E-state index contributed by atoms with van der Waals surface area (Å²) in [6, 6.07) is 8.79. The molecule has 1 amide bonds. The van der Waals surface area contributed by atoms with Crippen LogP contribution in [0.25, 0.3) is 0 Å². The second-order valence-corrected chi connectivity index (χ2v) is 9.09. The summed E-state index contributed by atoms with van der Waals surface area (Å²) in [5, 5.41) is 5.34. The van der Waals surface area contributed by atoms with E-state index in [9.17, 15) is 4.79 Å². The summed E-state index contributed by atoms with van der Waals surface area (Å²) < 4.78 is 7.56. The highest BCUT2D eigenvalue weighted by atomic mass is 79.9. The quantitative estimate of drug-likeness (QED) is 0.601. The van der Waals surface area contributed by atoms with Crippen molar-refractivity contribution in [1.29, 1.82) is 0 Å². The van der Waals surface area contributed by atoms with E-state index in [1.54, 1.807) is 0 Å². The molecule has 152 valence electrons. The van der Waals surface area contributed by atoms with Gasteiger partial charge < -0.3 is 9.64 Å². The molecular formula is C22H30BrN3O2. The fraction of sp³-hybridized carbons (Fsp3) is 0.545. The predicted molar refractivity (Wildman–Crippen MR) is 115 cm³/mol. The van der Waals surface area contributed by atoms with Crippen LogP contribution in [-0.2, 0) is 16.6 Å². The van der Waals surface area contributed by atoms with Gasteiger partial charge >= 0.3 is 6.09 Å². The molecule has 5 nitrogen and oxygen atoms in total. The highest BCUT2D eigenvalue weighted by Crippen LogP contribution is 2.29. The Morgan fingerprint density at radius 3 is 2.61 bits per heavy atom. The zero-order valence-electron chi connectivity index (χ0n) is 17.2. The van der Waals surface area contributed by atoms with Gasteiger partial charge in [-0.3, -0.25) is 4.68 Å². The lowest BCUT2D eigenvalue weighted by Crippen LogP contribution is -2.41. The minimum Gasteiger partial charge on any atom is -0.444 e. The van der Waals surface area contributed by atoms with E-state index in [-0.39, 0.29) is 6.09 Å². The van der Waals surface area contributed by atoms with Gasteiger partial charge in [0.1, 0.15) is 5.60 Å². The van der Waals surface area contributed by atoms with Gasteiger partial charge in [-0.1, -0.05) is 40.2 Å². The third-order valence-corrected chi connectivity index (χ3v) is 5.85. The number of alkyl halides is 1. The predicted octanol–water partition coefficient (Wildman–Crippen LogP) is 5.25. The van der Waals surface area contributed by atoms with Crippen LogP contribution < -0.4 is 0 Å². The van der Waals surface area contributed by atoms with Crippen LogP contribution in [-0.4, -0.2) is 39.5 Å². The normalized spacial score (nSPS) is 15.7.